The van der Waals surface area contributed by atoms with E-state index in [-0.39, 0.29) is 17.4 Å². The SMILES string of the molecule is Cc1cc(C)n2ccc(C(=O)N[C@H]3CC[C@@H](OCC(C)(C)C)CC3)c2n1. The standard InChI is InChI=1S/C21H31N3O2/c1-14-12-15(2)24-11-10-18(19(24)22-14)20(25)23-16-6-8-17(9-7-16)26-13-21(3,4)5/h10-12,16-17H,6-9,13H2,1-5H3,(H,23,25)/t16-,17+. The molecular formula is C21H31N3O2. The molecule has 2 heterocycles. The molecule has 1 N–H and O–H groups in total. The average Bonchev–Trinajstić information content (AvgIpc) is 2.97. The van der Waals surface area contributed by atoms with Crippen molar-refractivity contribution in [3.05, 3.63) is 35.3 Å². The largest absolute Gasteiger partial charge is 0.378 e. The van der Waals surface area contributed by atoms with Gasteiger partial charge in [-0.15, -0.1) is 0 Å². The molecule has 3 rings (SSSR count). The third-order valence-electron chi connectivity index (χ3n) is 4.95. The summed E-state index contributed by atoms with van der Waals surface area (Å²) in [5.41, 5.74) is 3.61. The molecule has 1 aliphatic rings. The van der Waals surface area contributed by atoms with E-state index in [0.717, 1.165) is 49.3 Å². The molecule has 0 aliphatic heterocycles. The third kappa shape index (κ3) is 4.44. The van der Waals surface area contributed by atoms with Gasteiger partial charge in [-0.1, -0.05) is 20.8 Å². The second kappa shape index (κ2) is 7.39. The Kier molecular flexibility index (Phi) is 5.37. The highest BCUT2D eigenvalue weighted by atomic mass is 16.5. The Hall–Kier alpha value is -1.88. The fourth-order valence-corrected chi connectivity index (χ4v) is 3.58. The summed E-state index contributed by atoms with van der Waals surface area (Å²) < 4.78 is 8.00. The molecule has 0 aromatic carbocycles. The van der Waals surface area contributed by atoms with Gasteiger partial charge in [-0.2, -0.15) is 0 Å². The average molecular weight is 357 g/mol. The van der Waals surface area contributed by atoms with Crippen LogP contribution in [0, 0.1) is 19.3 Å². The fourth-order valence-electron chi connectivity index (χ4n) is 3.58. The van der Waals surface area contributed by atoms with Crippen molar-refractivity contribution >= 4 is 11.6 Å². The van der Waals surface area contributed by atoms with Crippen molar-refractivity contribution < 1.29 is 9.53 Å². The lowest BCUT2D eigenvalue weighted by Crippen LogP contribution is -2.39. The zero-order chi connectivity index (χ0) is 18.9. The molecule has 0 unspecified atom stereocenters. The van der Waals surface area contributed by atoms with Crippen LogP contribution in [0.3, 0.4) is 0 Å². The number of hydrogen-bond donors (Lipinski definition) is 1. The first-order valence-electron chi connectivity index (χ1n) is 9.61. The van der Waals surface area contributed by atoms with Crippen molar-refractivity contribution in [2.75, 3.05) is 6.61 Å². The maximum atomic E-state index is 12.8. The highest BCUT2D eigenvalue weighted by molar-refractivity contribution is 6.00. The number of carbonyl (C=O) groups excluding carboxylic acids is 1. The summed E-state index contributed by atoms with van der Waals surface area (Å²) in [6, 6.07) is 4.10. The van der Waals surface area contributed by atoms with Gasteiger partial charge in [-0.3, -0.25) is 4.79 Å². The van der Waals surface area contributed by atoms with Crippen molar-refractivity contribution in [1.82, 2.24) is 14.7 Å². The molecule has 0 saturated heterocycles. The Morgan fingerprint density at radius 2 is 1.96 bits per heavy atom. The van der Waals surface area contributed by atoms with Gasteiger partial charge >= 0.3 is 0 Å². The molecule has 5 heteroatoms. The van der Waals surface area contributed by atoms with E-state index in [4.69, 9.17) is 4.74 Å². The van der Waals surface area contributed by atoms with Crippen LogP contribution >= 0.6 is 0 Å². The first-order chi connectivity index (χ1) is 12.2. The van der Waals surface area contributed by atoms with Crippen LogP contribution in [-0.2, 0) is 4.74 Å². The van der Waals surface area contributed by atoms with E-state index in [1.807, 2.05) is 36.6 Å². The number of nitrogens with zero attached hydrogens (tertiary/aromatic N) is 2. The quantitative estimate of drug-likeness (QED) is 0.898. The monoisotopic (exact) mass is 357 g/mol. The second-order valence-corrected chi connectivity index (χ2v) is 8.78. The fraction of sp³-hybridized carbons (Fsp3) is 0.619. The maximum Gasteiger partial charge on any atom is 0.255 e. The van der Waals surface area contributed by atoms with E-state index in [2.05, 4.69) is 31.1 Å². The van der Waals surface area contributed by atoms with Gasteiger partial charge in [0.05, 0.1) is 18.3 Å². The number of carbonyl (C=O) groups is 1. The number of amides is 1. The van der Waals surface area contributed by atoms with Gasteiger partial charge in [0.2, 0.25) is 0 Å². The van der Waals surface area contributed by atoms with Crippen LogP contribution in [0.2, 0.25) is 0 Å². The molecule has 0 spiro atoms. The van der Waals surface area contributed by atoms with Crippen LogP contribution in [0.1, 0.15) is 68.2 Å². The molecule has 0 radical (unpaired) electrons. The maximum absolute atomic E-state index is 12.8. The van der Waals surface area contributed by atoms with Crippen molar-refractivity contribution in [2.45, 2.75) is 72.4 Å². The minimum atomic E-state index is -0.0240. The van der Waals surface area contributed by atoms with Crippen LogP contribution in [-0.4, -0.2) is 34.0 Å². The Balaban J connectivity index is 1.58. The molecule has 0 atom stereocenters. The van der Waals surface area contributed by atoms with Crippen molar-refractivity contribution in [3.8, 4) is 0 Å². The van der Waals surface area contributed by atoms with Gasteiger partial charge in [-0.25, -0.2) is 4.98 Å². The summed E-state index contributed by atoms with van der Waals surface area (Å²) in [7, 11) is 0. The molecule has 1 fully saturated rings. The van der Waals surface area contributed by atoms with Gasteiger partial charge < -0.3 is 14.5 Å². The number of ether oxygens (including phenoxy) is 1. The van der Waals surface area contributed by atoms with Crippen molar-refractivity contribution in [1.29, 1.82) is 0 Å². The molecule has 142 valence electrons. The van der Waals surface area contributed by atoms with Crippen molar-refractivity contribution in [3.63, 3.8) is 0 Å². The summed E-state index contributed by atoms with van der Waals surface area (Å²) in [5.74, 6) is -0.0240. The molecule has 26 heavy (non-hydrogen) atoms. The number of rotatable bonds is 4. The smallest absolute Gasteiger partial charge is 0.255 e. The van der Waals surface area contributed by atoms with E-state index in [9.17, 15) is 4.79 Å². The van der Waals surface area contributed by atoms with E-state index in [1.165, 1.54) is 0 Å². The first kappa shape index (κ1) is 18.9. The van der Waals surface area contributed by atoms with Crippen LogP contribution in [0.5, 0.6) is 0 Å². The zero-order valence-corrected chi connectivity index (χ0v) is 16.6. The van der Waals surface area contributed by atoms with Crippen LogP contribution in [0.25, 0.3) is 5.65 Å². The summed E-state index contributed by atoms with van der Waals surface area (Å²) in [6.07, 6.45) is 6.20. The lowest BCUT2D eigenvalue weighted by Gasteiger charge is -2.31. The lowest BCUT2D eigenvalue weighted by atomic mass is 9.92. The lowest BCUT2D eigenvalue weighted by molar-refractivity contribution is -0.0134. The Morgan fingerprint density at radius 1 is 1.27 bits per heavy atom. The Morgan fingerprint density at radius 3 is 2.62 bits per heavy atom. The van der Waals surface area contributed by atoms with E-state index < -0.39 is 0 Å². The topological polar surface area (TPSA) is 55.6 Å². The first-order valence-corrected chi connectivity index (χ1v) is 9.61. The molecule has 2 aromatic heterocycles. The highest BCUT2D eigenvalue weighted by Crippen LogP contribution is 2.24. The normalized spacial score (nSPS) is 21.1. The summed E-state index contributed by atoms with van der Waals surface area (Å²) in [4.78, 5) is 17.3. The number of hydrogen-bond acceptors (Lipinski definition) is 3. The number of aryl methyl sites for hydroxylation is 2. The molecule has 2 aromatic rings. The van der Waals surface area contributed by atoms with Crippen molar-refractivity contribution in [2.24, 2.45) is 5.41 Å². The molecule has 5 nitrogen and oxygen atoms in total. The summed E-state index contributed by atoms with van der Waals surface area (Å²) in [5, 5.41) is 3.20. The van der Waals surface area contributed by atoms with E-state index in [1.54, 1.807) is 0 Å². The Bertz CT molecular complexity index is 780. The van der Waals surface area contributed by atoms with E-state index in [0.29, 0.717) is 11.7 Å². The van der Waals surface area contributed by atoms with Gasteiger partial charge in [-0.05, 0) is 57.1 Å². The highest BCUT2D eigenvalue weighted by Gasteiger charge is 2.25. The molecular weight excluding hydrogens is 326 g/mol. The third-order valence-corrected chi connectivity index (χ3v) is 4.95. The summed E-state index contributed by atoms with van der Waals surface area (Å²) in [6.45, 7) is 11.4. The minimum absolute atomic E-state index is 0.0240. The predicted octanol–water partition coefficient (Wildman–Crippen LogP) is 4.05. The molecule has 1 amide bonds. The molecule has 1 saturated carbocycles. The number of nitrogens with one attached hydrogen (secondary N) is 1. The van der Waals surface area contributed by atoms with Gasteiger partial charge in [0.1, 0.15) is 5.65 Å². The van der Waals surface area contributed by atoms with Crippen LogP contribution in [0.4, 0.5) is 0 Å². The summed E-state index contributed by atoms with van der Waals surface area (Å²) >= 11 is 0. The number of aromatic nitrogens is 2. The van der Waals surface area contributed by atoms with Gasteiger partial charge in [0, 0.05) is 23.6 Å². The molecule has 1 aliphatic carbocycles. The minimum Gasteiger partial charge on any atom is -0.378 e. The predicted molar refractivity (Wildman–Crippen MR) is 104 cm³/mol. The van der Waals surface area contributed by atoms with Crippen LogP contribution in [0.15, 0.2) is 18.3 Å². The zero-order valence-electron chi connectivity index (χ0n) is 16.6. The number of fused-ring (bicyclic) bond motifs is 1. The Labute approximate surface area is 156 Å². The molecule has 0 bridgehead atoms. The van der Waals surface area contributed by atoms with E-state index >= 15 is 0 Å². The van der Waals surface area contributed by atoms with Gasteiger partial charge in [0.15, 0.2) is 0 Å². The van der Waals surface area contributed by atoms with Crippen LogP contribution < -0.4 is 5.32 Å². The second-order valence-electron chi connectivity index (χ2n) is 8.78. The van der Waals surface area contributed by atoms with Gasteiger partial charge in [0.25, 0.3) is 5.91 Å².